The van der Waals surface area contributed by atoms with Gasteiger partial charge in [0.2, 0.25) is 11.4 Å². The Balaban J connectivity index is 1.49. The van der Waals surface area contributed by atoms with Crippen molar-refractivity contribution >= 4 is 23.7 Å². The molecule has 4 atom stereocenters. The summed E-state index contributed by atoms with van der Waals surface area (Å²) >= 11 is 0. The molecule has 0 radical (unpaired) electrons. The minimum atomic E-state index is -2.61. The molecule has 4 aliphatic rings. The summed E-state index contributed by atoms with van der Waals surface area (Å²) in [6, 6.07) is 2.18. The first-order chi connectivity index (χ1) is 16.2. The number of guanidine groups is 2. The average Bonchev–Trinajstić information content (AvgIpc) is 3.27. The highest BCUT2D eigenvalue weighted by Crippen LogP contribution is 2.41. The van der Waals surface area contributed by atoms with E-state index in [1.807, 2.05) is 12.1 Å². The van der Waals surface area contributed by atoms with Gasteiger partial charge in [0.25, 0.3) is 11.8 Å². The van der Waals surface area contributed by atoms with Crippen LogP contribution in [0.4, 0.5) is 0 Å². The van der Waals surface area contributed by atoms with Crippen molar-refractivity contribution in [3.05, 3.63) is 34.9 Å². The Morgan fingerprint density at radius 2 is 2.03 bits per heavy atom. The zero-order valence-corrected chi connectivity index (χ0v) is 18.7. The van der Waals surface area contributed by atoms with E-state index in [0.29, 0.717) is 5.56 Å². The van der Waals surface area contributed by atoms with Gasteiger partial charge in [0.15, 0.2) is 18.0 Å². The lowest BCUT2D eigenvalue weighted by Crippen LogP contribution is -2.80. The highest BCUT2D eigenvalue weighted by Gasteiger charge is 2.75. The number of hydrogen-bond acceptors (Lipinski definition) is 10. The Bertz CT molecular complexity index is 1120. The summed E-state index contributed by atoms with van der Waals surface area (Å²) < 4.78 is 1.43. The quantitative estimate of drug-likeness (QED) is 0.123. The topological polar surface area (TPSA) is 199 Å². The number of nitrogens with one attached hydrogen (secondary N) is 4. The molecule has 1 spiro atoms. The lowest BCUT2D eigenvalue weighted by molar-refractivity contribution is -0.622. The summed E-state index contributed by atoms with van der Waals surface area (Å²) in [5, 5.41) is 31.3. The molecule has 10 N–H and O–H groups in total. The molecule has 13 heteroatoms. The summed E-state index contributed by atoms with van der Waals surface area (Å²) in [4.78, 5) is 34.9. The third-order valence-electron chi connectivity index (χ3n) is 7.20. The fourth-order valence-corrected chi connectivity index (χ4v) is 5.67. The SMILES string of the molecule is CONC(=O)C1NC(N)=[N+]2C[C@H](NC(=O)c3cccc4c3CCCC4)C(O)(O)[C@@]23NC(N)=N[C@@H]13. The fraction of sp³-hybridized carbons (Fsp3) is 0.524. The van der Waals surface area contributed by atoms with Crippen molar-refractivity contribution in [2.75, 3.05) is 13.7 Å². The third-order valence-corrected chi connectivity index (χ3v) is 7.20. The normalized spacial score (nSPS) is 30.8. The number of hydrogen-bond donors (Lipinski definition) is 8. The molecule has 2 amide bonds. The Morgan fingerprint density at radius 1 is 1.26 bits per heavy atom. The van der Waals surface area contributed by atoms with Crippen molar-refractivity contribution in [1.29, 1.82) is 0 Å². The number of nitrogens with zero attached hydrogens (tertiary/aromatic N) is 2. The van der Waals surface area contributed by atoms with Crippen LogP contribution in [0.2, 0.25) is 0 Å². The molecule has 1 unspecified atom stereocenters. The Kier molecular flexibility index (Phi) is 5.15. The zero-order chi connectivity index (χ0) is 24.3. The van der Waals surface area contributed by atoms with Gasteiger partial charge in [0, 0.05) is 5.56 Å². The minimum Gasteiger partial charge on any atom is -0.370 e. The maximum absolute atomic E-state index is 13.3. The van der Waals surface area contributed by atoms with E-state index in [9.17, 15) is 19.8 Å². The summed E-state index contributed by atoms with van der Waals surface area (Å²) in [5.74, 6) is -3.76. The van der Waals surface area contributed by atoms with Gasteiger partial charge in [-0.3, -0.25) is 25.5 Å². The molecule has 0 aromatic heterocycles. The molecule has 1 saturated heterocycles. The van der Waals surface area contributed by atoms with E-state index in [1.54, 1.807) is 6.07 Å². The number of carbonyl (C=O) groups is 2. The zero-order valence-electron chi connectivity index (χ0n) is 18.7. The third kappa shape index (κ3) is 3.04. The number of aliphatic imine (C=N–C) groups is 1. The molecule has 3 aliphatic heterocycles. The van der Waals surface area contributed by atoms with Crippen LogP contribution in [0.15, 0.2) is 23.2 Å². The van der Waals surface area contributed by atoms with Crippen molar-refractivity contribution in [3.8, 4) is 0 Å². The Hall–Kier alpha value is -3.42. The number of benzene rings is 1. The van der Waals surface area contributed by atoms with Crippen LogP contribution in [-0.2, 0) is 22.5 Å². The maximum Gasteiger partial charge on any atom is 0.346 e. The van der Waals surface area contributed by atoms with E-state index < -0.39 is 41.4 Å². The van der Waals surface area contributed by atoms with Gasteiger partial charge in [-0.25, -0.2) is 15.0 Å². The van der Waals surface area contributed by atoms with Crippen LogP contribution in [-0.4, -0.2) is 81.8 Å². The highest BCUT2D eigenvalue weighted by molar-refractivity contribution is 5.96. The molecule has 0 bridgehead atoms. The first-order valence-electron chi connectivity index (χ1n) is 11.2. The first-order valence-corrected chi connectivity index (χ1v) is 11.2. The number of carbonyl (C=O) groups excluding carboxylic acids is 2. The van der Waals surface area contributed by atoms with E-state index in [1.165, 1.54) is 11.7 Å². The first kappa shape index (κ1) is 22.4. The molecule has 1 aromatic carbocycles. The Morgan fingerprint density at radius 3 is 2.79 bits per heavy atom. The van der Waals surface area contributed by atoms with Gasteiger partial charge in [-0.05, 0) is 42.9 Å². The molecule has 3 heterocycles. The van der Waals surface area contributed by atoms with Gasteiger partial charge >= 0.3 is 5.96 Å². The van der Waals surface area contributed by atoms with E-state index in [-0.39, 0.29) is 18.5 Å². The summed E-state index contributed by atoms with van der Waals surface area (Å²) in [7, 11) is 1.27. The molecule has 1 aromatic rings. The van der Waals surface area contributed by atoms with Crippen LogP contribution >= 0.6 is 0 Å². The van der Waals surface area contributed by atoms with E-state index in [4.69, 9.17) is 16.3 Å². The van der Waals surface area contributed by atoms with Gasteiger partial charge in [0.05, 0.1) is 13.7 Å². The molecular formula is C21H29N8O5+. The van der Waals surface area contributed by atoms with Gasteiger partial charge in [0.1, 0.15) is 6.04 Å². The number of nitrogens with two attached hydrogens (primary N) is 2. The second-order valence-electron chi connectivity index (χ2n) is 9.04. The van der Waals surface area contributed by atoms with Crippen molar-refractivity contribution in [3.63, 3.8) is 0 Å². The minimum absolute atomic E-state index is 0.00813. The molecule has 13 nitrogen and oxygen atoms in total. The number of aryl methyl sites for hydroxylation is 1. The standard InChI is InChI=1S/C21H28N8O5/c1-34-28-17(31)14-15-20(27-18(22)26-15)21(32,33)13(9-29(20)19(23)25-14)24-16(30)12-8-4-6-10-5-2-3-7-11(10)12/h4,6,8,13-15,32-33H,2-3,5,7,9H2,1H3,(H7,22,23,24,25,26,27,28,30,31)/p+1/t13-,14?,15-,20-/m0/s1. The summed E-state index contributed by atoms with van der Waals surface area (Å²) in [5.41, 5.74) is 15.2. The highest BCUT2D eigenvalue weighted by atomic mass is 16.6. The predicted molar refractivity (Wildman–Crippen MR) is 119 cm³/mol. The number of amides is 2. The van der Waals surface area contributed by atoms with E-state index >= 15 is 0 Å². The molecule has 0 saturated carbocycles. The van der Waals surface area contributed by atoms with Crippen LogP contribution in [0.1, 0.15) is 34.3 Å². The molecule has 1 fully saturated rings. The smallest absolute Gasteiger partial charge is 0.346 e. The van der Waals surface area contributed by atoms with Crippen LogP contribution in [0.5, 0.6) is 0 Å². The molecule has 34 heavy (non-hydrogen) atoms. The fourth-order valence-electron chi connectivity index (χ4n) is 5.67. The average molecular weight is 474 g/mol. The summed E-state index contributed by atoms with van der Waals surface area (Å²) in [6.07, 6.45) is 3.76. The second-order valence-corrected chi connectivity index (χ2v) is 9.04. The Labute approximate surface area is 195 Å². The molecule has 182 valence electrons. The van der Waals surface area contributed by atoms with E-state index in [0.717, 1.165) is 36.8 Å². The van der Waals surface area contributed by atoms with Gasteiger partial charge in [-0.2, -0.15) is 0 Å². The number of hydroxylamine groups is 1. The van der Waals surface area contributed by atoms with E-state index in [2.05, 4.69) is 26.4 Å². The van der Waals surface area contributed by atoms with Gasteiger partial charge in [-0.1, -0.05) is 12.1 Å². The predicted octanol–water partition coefficient (Wildman–Crippen LogP) is -3.68. The largest absolute Gasteiger partial charge is 0.370 e. The molecule has 5 rings (SSSR count). The van der Waals surface area contributed by atoms with Crippen LogP contribution in [0.25, 0.3) is 0 Å². The number of fused-ring (bicyclic) bond motifs is 1. The molecule has 1 aliphatic carbocycles. The number of aliphatic hydroxyl groups is 2. The van der Waals surface area contributed by atoms with Crippen molar-refractivity contribution in [2.24, 2.45) is 16.5 Å². The van der Waals surface area contributed by atoms with Crippen molar-refractivity contribution in [1.82, 2.24) is 21.4 Å². The molecular weight excluding hydrogens is 444 g/mol. The van der Waals surface area contributed by atoms with Crippen LogP contribution < -0.4 is 32.9 Å². The van der Waals surface area contributed by atoms with Gasteiger partial charge < -0.3 is 26.6 Å². The van der Waals surface area contributed by atoms with Gasteiger partial charge in [-0.15, -0.1) is 0 Å². The lowest BCUT2D eigenvalue weighted by atomic mass is 9.84. The van der Waals surface area contributed by atoms with Crippen LogP contribution in [0.3, 0.4) is 0 Å². The monoisotopic (exact) mass is 473 g/mol. The second kappa shape index (κ2) is 7.82. The maximum atomic E-state index is 13.3. The van der Waals surface area contributed by atoms with Crippen LogP contribution in [0, 0.1) is 0 Å². The lowest BCUT2D eigenvalue weighted by Gasteiger charge is -2.43. The van der Waals surface area contributed by atoms with Crippen molar-refractivity contribution in [2.45, 2.75) is 55.3 Å². The number of rotatable bonds is 4. The summed E-state index contributed by atoms with van der Waals surface area (Å²) in [6.45, 7) is -0.0719. The van der Waals surface area contributed by atoms with Crippen molar-refractivity contribution < 1.29 is 29.2 Å².